The van der Waals surface area contributed by atoms with Gasteiger partial charge < -0.3 is 4.74 Å². The summed E-state index contributed by atoms with van der Waals surface area (Å²) in [5, 5.41) is 0. The molecule has 5 rings (SSSR count). The summed E-state index contributed by atoms with van der Waals surface area (Å²) in [6.07, 6.45) is 11.9. The van der Waals surface area contributed by atoms with E-state index in [-0.39, 0.29) is 11.6 Å². The van der Waals surface area contributed by atoms with Crippen molar-refractivity contribution in [3.63, 3.8) is 0 Å². The van der Waals surface area contributed by atoms with E-state index in [1.165, 1.54) is 57.4 Å². The highest BCUT2D eigenvalue weighted by molar-refractivity contribution is 5.81. The molecule has 116 valence electrons. The van der Waals surface area contributed by atoms with E-state index in [0.29, 0.717) is 23.7 Å². The summed E-state index contributed by atoms with van der Waals surface area (Å²) < 4.78 is 6.26. The maximum atomic E-state index is 12.1. The molecule has 5 fully saturated rings. The zero-order chi connectivity index (χ0) is 14.6. The molecular formula is C19H28O2. The van der Waals surface area contributed by atoms with Crippen molar-refractivity contribution in [3.8, 4) is 0 Å². The largest absolute Gasteiger partial charge is 0.455 e. The molecule has 5 aliphatic carbocycles. The number of carbonyl (C=O) groups is 1. The van der Waals surface area contributed by atoms with E-state index in [1.54, 1.807) is 0 Å². The lowest BCUT2D eigenvalue weighted by molar-refractivity contribution is -0.228. The van der Waals surface area contributed by atoms with E-state index in [0.717, 1.165) is 11.8 Å². The third-order valence-electron chi connectivity index (χ3n) is 7.30. The van der Waals surface area contributed by atoms with Gasteiger partial charge in [-0.2, -0.15) is 0 Å². The van der Waals surface area contributed by atoms with Gasteiger partial charge in [-0.3, -0.25) is 0 Å². The first kappa shape index (κ1) is 13.8. The molecule has 0 aromatic rings. The Labute approximate surface area is 128 Å². The van der Waals surface area contributed by atoms with Crippen molar-refractivity contribution in [2.75, 3.05) is 0 Å². The summed E-state index contributed by atoms with van der Waals surface area (Å²) >= 11 is 0. The van der Waals surface area contributed by atoms with Gasteiger partial charge in [0.2, 0.25) is 0 Å². The SMILES string of the molecule is C=CC(=O)OC1(C2CCCC2C)C2CC3CC(C2)CC1C3. The van der Waals surface area contributed by atoms with Gasteiger partial charge in [0.15, 0.2) is 0 Å². The van der Waals surface area contributed by atoms with Gasteiger partial charge in [-0.15, -0.1) is 0 Å². The Bertz CT molecular complexity index is 424. The van der Waals surface area contributed by atoms with Crippen molar-refractivity contribution in [1.29, 1.82) is 0 Å². The van der Waals surface area contributed by atoms with Crippen LogP contribution in [0.5, 0.6) is 0 Å². The second-order valence-corrected chi connectivity index (χ2v) is 8.30. The number of esters is 1. The lowest BCUT2D eigenvalue weighted by Crippen LogP contribution is -2.63. The molecule has 2 nitrogen and oxygen atoms in total. The highest BCUT2D eigenvalue weighted by atomic mass is 16.6. The smallest absolute Gasteiger partial charge is 0.330 e. The fourth-order valence-corrected chi connectivity index (χ4v) is 6.80. The normalized spacial score (nSPS) is 51.1. The molecule has 2 heteroatoms. The third kappa shape index (κ3) is 1.94. The van der Waals surface area contributed by atoms with Crippen LogP contribution in [0.2, 0.25) is 0 Å². The lowest BCUT2D eigenvalue weighted by Gasteiger charge is -2.62. The van der Waals surface area contributed by atoms with E-state index in [2.05, 4.69) is 13.5 Å². The Morgan fingerprint density at radius 1 is 1.10 bits per heavy atom. The van der Waals surface area contributed by atoms with Crippen LogP contribution in [0.1, 0.15) is 58.3 Å². The maximum absolute atomic E-state index is 12.1. The second kappa shape index (κ2) is 4.86. The Hall–Kier alpha value is -0.790. The van der Waals surface area contributed by atoms with Crippen LogP contribution in [-0.4, -0.2) is 11.6 Å². The van der Waals surface area contributed by atoms with E-state index in [4.69, 9.17) is 4.74 Å². The molecule has 0 aliphatic heterocycles. The minimum absolute atomic E-state index is 0.144. The van der Waals surface area contributed by atoms with Gasteiger partial charge in [-0.25, -0.2) is 4.79 Å². The molecule has 4 bridgehead atoms. The predicted octanol–water partition coefficient (Wildman–Crippen LogP) is 4.35. The second-order valence-electron chi connectivity index (χ2n) is 8.30. The molecule has 5 saturated carbocycles. The molecule has 0 aromatic heterocycles. The van der Waals surface area contributed by atoms with Gasteiger partial charge in [0.1, 0.15) is 5.60 Å². The zero-order valence-electron chi connectivity index (χ0n) is 13.2. The molecule has 5 aliphatic rings. The molecular weight excluding hydrogens is 260 g/mol. The van der Waals surface area contributed by atoms with Crippen LogP contribution in [0.15, 0.2) is 12.7 Å². The Morgan fingerprint density at radius 3 is 2.19 bits per heavy atom. The first-order valence-corrected chi connectivity index (χ1v) is 8.98. The molecule has 0 N–H and O–H groups in total. The van der Waals surface area contributed by atoms with Gasteiger partial charge in [0.05, 0.1) is 0 Å². The van der Waals surface area contributed by atoms with Crippen molar-refractivity contribution in [2.45, 2.75) is 63.9 Å². The topological polar surface area (TPSA) is 26.3 Å². The summed E-state index contributed by atoms with van der Waals surface area (Å²) in [5.74, 6) is 4.21. The number of hydrogen-bond donors (Lipinski definition) is 0. The summed E-state index contributed by atoms with van der Waals surface area (Å²) in [5.41, 5.74) is -0.144. The molecule has 0 saturated heterocycles. The van der Waals surface area contributed by atoms with Crippen LogP contribution in [0.4, 0.5) is 0 Å². The molecule has 0 radical (unpaired) electrons. The lowest BCUT2D eigenvalue weighted by atomic mass is 9.46. The predicted molar refractivity (Wildman–Crippen MR) is 82.6 cm³/mol. The summed E-state index contributed by atoms with van der Waals surface area (Å²) in [7, 11) is 0. The van der Waals surface area contributed by atoms with Gasteiger partial charge >= 0.3 is 5.97 Å². The summed E-state index contributed by atoms with van der Waals surface area (Å²) in [4.78, 5) is 12.1. The number of rotatable bonds is 3. The van der Waals surface area contributed by atoms with E-state index >= 15 is 0 Å². The van der Waals surface area contributed by atoms with Crippen LogP contribution < -0.4 is 0 Å². The van der Waals surface area contributed by atoms with E-state index in [1.807, 2.05) is 0 Å². The van der Waals surface area contributed by atoms with Gasteiger partial charge in [0, 0.05) is 12.0 Å². The van der Waals surface area contributed by atoms with Crippen molar-refractivity contribution in [1.82, 2.24) is 0 Å². The van der Waals surface area contributed by atoms with Gasteiger partial charge in [-0.1, -0.05) is 26.3 Å². The highest BCUT2D eigenvalue weighted by Gasteiger charge is 2.63. The first-order valence-electron chi connectivity index (χ1n) is 8.98. The summed E-state index contributed by atoms with van der Waals surface area (Å²) in [6, 6.07) is 0. The Kier molecular flexibility index (Phi) is 3.20. The first-order chi connectivity index (χ1) is 10.1. The Morgan fingerprint density at radius 2 is 1.71 bits per heavy atom. The average Bonchev–Trinajstić information content (AvgIpc) is 2.88. The monoisotopic (exact) mass is 288 g/mol. The maximum Gasteiger partial charge on any atom is 0.330 e. The Balaban J connectivity index is 1.73. The van der Waals surface area contributed by atoms with Gasteiger partial charge in [0.25, 0.3) is 0 Å². The molecule has 2 unspecified atom stereocenters. The minimum atomic E-state index is -0.179. The molecule has 0 heterocycles. The molecule has 0 aromatic carbocycles. The minimum Gasteiger partial charge on any atom is -0.455 e. The number of carbonyl (C=O) groups excluding carboxylic acids is 1. The van der Waals surface area contributed by atoms with E-state index in [9.17, 15) is 4.79 Å². The molecule has 2 atom stereocenters. The summed E-state index contributed by atoms with van der Waals surface area (Å²) in [6.45, 7) is 6.03. The fraction of sp³-hybridized carbons (Fsp3) is 0.842. The molecule has 0 spiro atoms. The van der Waals surface area contributed by atoms with E-state index < -0.39 is 0 Å². The van der Waals surface area contributed by atoms with Crippen LogP contribution >= 0.6 is 0 Å². The van der Waals surface area contributed by atoms with Crippen molar-refractivity contribution >= 4 is 5.97 Å². The van der Waals surface area contributed by atoms with Crippen LogP contribution in [0.25, 0.3) is 0 Å². The quantitative estimate of drug-likeness (QED) is 0.570. The third-order valence-corrected chi connectivity index (χ3v) is 7.30. The number of hydrogen-bond acceptors (Lipinski definition) is 2. The van der Waals surface area contributed by atoms with Crippen molar-refractivity contribution < 1.29 is 9.53 Å². The molecule has 21 heavy (non-hydrogen) atoms. The van der Waals surface area contributed by atoms with Crippen LogP contribution in [-0.2, 0) is 9.53 Å². The molecule has 0 amide bonds. The standard InChI is InChI=1S/C19H28O2/c1-3-18(20)21-19(17-6-4-5-12(17)2)15-8-13-7-14(10-15)11-16(19)9-13/h3,12-17H,1,4-11H2,2H3. The number of ether oxygens (including phenoxy) is 1. The van der Waals surface area contributed by atoms with Gasteiger partial charge in [-0.05, 0) is 68.1 Å². The fourth-order valence-electron chi connectivity index (χ4n) is 6.80. The highest BCUT2D eigenvalue weighted by Crippen LogP contribution is 2.64. The van der Waals surface area contributed by atoms with Crippen LogP contribution in [0.3, 0.4) is 0 Å². The van der Waals surface area contributed by atoms with Crippen molar-refractivity contribution in [2.24, 2.45) is 35.5 Å². The van der Waals surface area contributed by atoms with Crippen LogP contribution in [0, 0.1) is 35.5 Å². The van der Waals surface area contributed by atoms with Crippen molar-refractivity contribution in [3.05, 3.63) is 12.7 Å². The average molecular weight is 288 g/mol. The zero-order valence-corrected chi connectivity index (χ0v) is 13.2.